The minimum absolute atomic E-state index is 0.183. The molecule has 0 saturated carbocycles. The Hall–Kier alpha value is -1.79. The molecule has 0 atom stereocenters. The molecule has 4 aromatic rings. The molecule has 0 aliphatic heterocycles. The Kier molecular flexibility index (Phi) is 7.85. The van der Waals surface area contributed by atoms with E-state index in [4.69, 9.17) is 4.74 Å². The Labute approximate surface area is 227 Å². The lowest BCUT2D eigenvalue weighted by Gasteiger charge is -2.12. The van der Waals surface area contributed by atoms with Crippen molar-refractivity contribution in [3.05, 3.63) is 99.1 Å². The summed E-state index contributed by atoms with van der Waals surface area (Å²) < 4.78 is 10.3. The minimum atomic E-state index is -0.183. The number of aromatic nitrogens is 2. The highest BCUT2D eigenvalue weighted by molar-refractivity contribution is 14.1. The molecule has 4 rings (SSSR count). The van der Waals surface area contributed by atoms with Crippen molar-refractivity contribution >= 4 is 78.2 Å². The van der Waals surface area contributed by atoms with E-state index in [0.717, 1.165) is 28.5 Å². The summed E-state index contributed by atoms with van der Waals surface area (Å²) in [5.41, 5.74) is 3.73. The van der Waals surface area contributed by atoms with E-state index in [9.17, 15) is 4.79 Å². The number of halogens is 3. The summed E-state index contributed by atoms with van der Waals surface area (Å²) in [4.78, 5) is 17.7. The Bertz CT molecular complexity index is 1390. The molecule has 0 bridgehead atoms. The van der Waals surface area contributed by atoms with E-state index in [2.05, 4.69) is 102 Å². The van der Waals surface area contributed by atoms with Crippen molar-refractivity contribution in [2.75, 3.05) is 0 Å². The second-order valence-electron chi connectivity index (χ2n) is 7.49. The number of hydrogen-bond acceptors (Lipinski definition) is 4. The zero-order chi connectivity index (χ0) is 23.5. The van der Waals surface area contributed by atoms with Gasteiger partial charge in [-0.2, -0.15) is 9.78 Å². The molecule has 5 nitrogen and oxygen atoms in total. The summed E-state index contributed by atoms with van der Waals surface area (Å²) in [7, 11) is 0. The second-order valence-corrected chi connectivity index (χ2v) is 10.7. The van der Waals surface area contributed by atoms with Gasteiger partial charge in [-0.1, -0.05) is 52.7 Å². The fraction of sp³-hybridized carbons (Fsp3) is 0.160. The van der Waals surface area contributed by atoms with Crippen LogP contribution in [0, 0.1) is 14.1 Å². The molecule has 0 radical (unpaired) electrons. The van der Waals surface area contributed by atoms with Crippen LogP contribution in [-0.4, -0.2) is 15.9 Å². The Balaban J connectivity index is 1.62. The first-order valence-electron chi connectivity index (χ1n) is 10.3. The van der Waals surface area contributed by atoms with Crippen LogP contribution in [0.3, 0.4) is 0 Å². The fourth-order valence-electron chi connectivity index (χ4n) is 3.30. The average molecular weight is 728 g/mol. The number of ether oxygens (including phenoxy) is 1. The summed E-state index contributed by atoms with van der Waals surface area (Å²) in [6.45, 7) is 4.54. The molecule has 0 fully saturated rings. The van der Waals surface area contributed by atoms with Crippen molar-refractivity contribution in [1.29, 1.82) is 0 Å². The first-order valence-corrected chi connectivity index (χ1v) is 13.2. The molecular weight excluding hydrogens is 708 g/mol. The van der Waals surface area contributed by atoms with Gasteiger partial charge in [-0.25, -0.2) is 4.98 Å². The predicted molar refractivity (Wildman–Crippen MR) is 153 cm³/mol. The Morgan fingerprint density at radius 2 is 1.79 bits per heavy atom. The van der Waals surface area contributed by atoms with Crippen molar-refractivity contribution in [2.24, 2.45) is 5.10 Å². The monoisotopic (exact) mass is 727 g/mol. The summed E-state index contributed by atoms with van der Waals surface area (Å²) in [5.74, 6) is 1.46. The van der Waals surface area contributed by atoms with Gasteiger partial charge in [0, 0.05) is 10.9 Å². The SMILES string of the molecule is CCc1nc2ccc(Br)cc2c(=O)n1N=Cc1cc(I)c(OCc2ccc(C)cc2)c(I)c1. The standard InChI is InChI=1S/C25H20BrI2N3O2/c1-3-23-30-22-9-8-18(26)12-19(22)25(32)31(23)29-13-17-10-20(27)24(21(28)11-17)33-14-16-6-4-15(2)5-7-16/h4-13H,3,14H2,1-2H3. The van der Waals surface area contributed by atoms with Crippen molar-refractivity contribution in [3.63, 3.8) is 0 Å². The van der Waals surface area contributed by atoms with Crippen molar-refractivity contribution in [1.82, 2.24) is 9.66 Å². The lowest BCUT2D eigenvalue weighted by molar-refractivity contribution is 0.301. The summed E-state index contributed by atoms with van der Waals surface area (Å²) in [6, 6.07) is 17.8. The van der Waals surface area contributed by atoms with Crippen LogP contribution in [0.1, 0.15) is 29.4 Å². The number of rotatable bonds is 6. The van der Waals surface area contributed by atoms with Crippen LogP contribution in [0.25, 0.3) is 10.9 Å². The lowest BCUT2D eigenvalue weighted by Crippen LogP contribution is -2.22. The molecule has 0 unspecified atom stereocenters. The number of aryl methyl sites for hydroxylation is 2. The molecular formula is C25H20BrI2N3O2. The topological polar surface area (TPSA) is 56.5 Å². The van der Waals surface area contributed by atoms with Crippen LogP contribution in [0.4, 0.5) is 0 Å². The van der Waals surface area contributed by atoms with Crippen molar-refractivity contribution in [3.8, 4) is 5.75 Å². The van der Waals surface area contributed by atoms with Crippen LogP contribution in [0.2, 0.25) is 0 Å². The van der Waals surface area contributed by atoms with Crippen LogP contribution in [-0.2, 0) is 13.0 Å². The summed E-state index contributed by atoms with van der Waals surface area (Å²) in [5, 5.41) is 5.02. The highest BCUT2D eigenvalue weighted by Crippen LogP contribution is 2.29. The van der Waals surface area contributed by atoms with Gasteiger partial charge in [0.1, 0.15) is 18.2 Å². The van der Waals surface area contributed by atoms with E-state index in [0.29, 0.717) is 29.8 Å². The van der Waals surface area contributed by atoms with E-state index in [1.807, 2.05) is 31.2 Å². The predicted octanol–water partition coefficient (Wildman–Crippen LogP) is 6.70. The smallest absolute Gasteiger partial charge is 0.282 e. The van der Waals surface area contributed by atoms with E-state index in [1.54, 1.807) is 12.3 Å². The van der Waals surface area contributed by atoms with Crippen LogP contribution < -0.4 is 10.3 Å². The molecule has 168 valence electrons. The fourth-order valence-corrected chi connectivity index (χ4v) is 5.79. The normalized spacial score (nSPS) is 11.4. The summed E-state index contributed by atoms with van der Waals surface area (Å²) >= 11 is 7.97. The molecule has 0 spiro atoms. The third-order valence-electron chi connectivity index (χ3n) is 5.04. The van der Waals surface area contributed by atoms with Gasteiger partial charge in [0.05, 0.1) is 24.3 Å². The molecule has 0 aliphatic rings. The molecule has 8 heteroatoms. The van der Waals surface area contributed by atoms with Gasteiger partial charge < -0.3 is 4.74 Å². The average Bonchev–Trinajstić information content (AvgIpc) is 2.79. The first-order chi connectivity index (χ1) is 15.9. The van der Waals surface area contributed by atoms with Gasteiger partial charge in [0.2, 0.25) is 0 Å². The van der Waals surface area contributed by atoms with Gasteiger partial charge in [0.25, 0.3) is 5.56 Å². The summed E-state index contributed by atoms with van der Waals surface area (Å²) in [6.07, 6.45) is 2.29. The number of benzene rings is 3. The van der Waals surface area contributed by atoms with E-state index in [-0.39, 0.29) is 5.56 Å². The van der Waals surface area contributed by atoms with Gasteiger partial charge in [-0.05, 0) is 93.6 Å². The molecule has 0 amide bonds. The van der Waals surface area contributed by atoms with Gasteiger partial charge in [0.15, 0.2) is 0 Å². The zero-order valence-corrected chi connectivity index (χ0v) is 23.9. The van der Waals surface area contributed by atoms with Crippen LogP contribution in [0.15, 0.2) is 69.0 Å². The third kappa shape index (κ3) is 5.65. The van der Waals surface area contributed by atoms with E-state index in [1.165, 1.54) is 10.2 Å². The van der Waals surface area contributed by atoms with Crippen LogP contribution >= 0.6 is 61.1 Å². The lowest BCUT2D eigenvalue weighted by atomic mass is 10.2. The maximum absolute atomic E-state index is 13.1. The molecule has 33 heavy (non-hydrogen) atoms. The molecule has 1 heterocycles. The maximum atomic E-state index is 13.1. The number of fused-ring (bicyclic) bond motifs is 1. The number of nitrogens with zero attached hydrogens (tertiary/aromatic N) is 3. The van der Waals surface area contributed by atoms with Gasteiger partial charge >= 0.3 is 0 Å². The minimum Gasteiger partial charge on any atom is -0.487 e. The molecule has 1 aromatic heterocycles. The van der Waals surface area contributed by atoms with Crippen LogP contribution in [0.5, 0.6) is 5.75 Å². The quantitative estimate of drug-likeness (QED) is 0.164. The number of hydrogen-bond donors (Lipinski definition) is 0. The third-order valence-corrected chi connectivity index (χ3v) is 7.13. The highest BCUT2D eigenvalue weighted by Gasteiger charge is 2.11. The largest absolute Gasteiger partial charge is 0.487 e. The Morgan fingerprint density at radius 3 is 2.45 bits per heavy atom. The zero-order valence-electron chi connectivity index (χ0n) is 18.0. The maximum Gasteiger partial charge on any atom is 0.282 e. The molecule has 0 aliphatic carbocycles. The van der Waals surface area contributed by atoms with Gasteiger partial charge in [-0.15, -0.1) is 0 Å². The Morgan fingerprint density at radius 1 is 1.09 bits per heavy atom. The van der Waals surface area contributed by atoms with Crippen molar-refractivity contribution in [2.45, 2.75) is 26.9 Å². The first kappa shape index (κ1) is 24.3. The van der Waals surface area contributed by atoms with E-state index >= 15 is 0 Å². The molecule has 0 saturated heterocycles. The molecule has 3 aromatic carbocycles. The highest BCUT2D eigenvalue weighted by atomic mass is 127. The van der Waals surface area contributed by atoms with Crippen molar-refractivity contribution < 1.29 is 4.74 Å². The molecule has 0 N–H and O–H groups in total. The second kappa shape index (κ2) is 10.6. The van der Waals surface area contributed by atoms with Gasteiger partial charge in [-0.3, -0.25) is 4.79 Å². The van der Waals surface area contributed by atoms with E-state index < -0.39 is 0 Å².